The van der Waals surface area contributed by atoms with E-state index < -0.39 is 6.03 Å². The summed E-state index contributed by atoms with van der Waals surface area (Å²) < 4.78 is 11.0. The number of rotatable bonds is 8. The van der Waals surface area contributed by atoms with Crippen molar-refractivity contribution >= 4 is 28.2 Å². The Kier molecular flexibility index (Phi) is 6.59. The van der Waals surface area contributed by atoms with Gasteiger partial charge >= 0.3 is 6.03 Å². The number of nitrogens with one attached hydrogen (secondary N) is 2. The number of carbonyl (C=O) groups excluding carboxylic acids is 1. The molecule has 0 saturated carbocycles. The second-order valence-electron chi connectivity index (χ2n) is 5.70. The minimum absolute atomic E-state index is 0.269. The van der Waals surface area contributed by atoms with E-state index in [0.717, 1.165) is 17.7 Å². The van der Waals surface area contributed by atoms with Gasteiger partial charge in [-0.2, -0.15) is 0 Å². The Hall–Kier alpha value is -3.39. The average Bonchev–Trinajstić information content (AvgIpc) is 3.14. The number of urea groups is 1. The molecule has 1 aromatic heterocycles. The van der Waals surface area contributed by atoms with E-state index in [1.165, 1.54) is 11.3 Å². The molecule has 0 aliphatic rings. The Morgan fingerprint density at radius 1 is 1.18 bits per heavy atom. The topological polar surface area (TPSA) is 85.4 Å². The van der Waals surface area contributed by atoms with Crippen molar-refractivity contribution in [2.75, 3.05) is 17.7 Å². The third-order valence-corrected chi connectivity index (χ3v) is 4.52. The highest BCUT2D eigenvalue weighted by Gasteiger charge is 2.10. The lowest BCUT2D eigenvalue weighted by molar-refractivity contribution is 0.262. The minimum atomic E-state index is -0.409. The lowest BCUT2D eigenvalue weighted by Crippen LogP contribution is -2.19. The van der Waals surface area contributed by atoms with Crippen LogP contribution < -0.4 is 20.1 Å². The predicted molar refractivity (Wildman–Crippen MR) is 110 cm³/mol. The largest absolute Gasteiger partial charge is 0.497 e. The Morgan fingerprint density at radius 3 is 2.86 bits per heavy atom. The molecule has 1 heterocycles. The Bertz CT molecular complexity index is 958. The van der Waals surface area contributed by atoms with Crippen LogP contribution in [0.4, 0.5) is 15.6 Å². The number of hydrogen-bond donors (Lipinski definition) is 2. The molecule has 0 aliphatic heterocycles. The van der Waals surface area contributed by atoms with E-state index in [-0.39, 0.29) is 6.61 Å². The molecule has 0 atom stereocenters. The second-order valence-corrected chi connectivity index (χ2v) is 6.76. The van der Waals surface area contributed by atoms with Gasteiger partial charge in [0.1, 0.15) is 18.1 Å². The number of ether oxygens (including phenoxy) is 2. The fourth-order valence-electron chi connectivity index (χ4n) is 2.43. The van der Waals surface area contributed by atoms with Crippen molar-refractivity contribution < 1.29 is 14.3 Å². The summed E-state index contributed by atoms with van der Waals surface area (Å²) in [5.41, 5.74) is 1.67. The Labute approximate surface area is 167 Å². The van der Waals surface area contributed by atoms with Crippen molar-refractivity contribution in [3.8, 4) is 11.5 Å². The first kappa shape index (κ1) is 19.4. The van der Waals surface area contributed by atoms with Crippen LogP contribution >= 0.6 is 11.3 Å². The highest BCUT2D eigenvalue weighted by Crippen LogP contribution is 2.22. The summed E-state index contributed by atoms with van der Waals surface area (Å²) in [6.07, 6.45) is 2.56. The number of hydrogen-bond acceptors (Lipinski definition) is 6. The van der Waals surface area contributed by atoms with Gasteiger partial charge in [0.15, 0.2) is 5.01 Å². The lowest BCUT2D eigenvalue weighted by atomic mass is 10.1. The number of benzene rings is 2. The maximum Gasteiger partial charge on any atom is 0.325 e. The molecule has 2 aromatic carbocycles. The zero-order valence-electron chi connectivity index (χ0n) is 15.3. The third-order valence-electron chi connectivity index (χ3n) is 3.70. The summed E-state index contributed by atoms with van der Waals surface area (Å²) in [6.45, 7) is 4.03. The lowest BCUT2D eigenvalue weighted by Gasteiger charge is -2.08. The van der Waals surface area contributed by atoms with E-state index in [9.17, 15) is 4.79 Å². The molecule has 3 aromatic rings. The molecule has 28 heavy (non-hydrogen) atoms. The summed E-state index contributed by atoms with van der Waals surface area (Å²) in [5.74, 6) is 1.44. The molecule has 0 aliphatic carbocycles. The van der Waals surface area contributed by atoms with Crippen molar-refractivity contribution in [2.45, 2.75) is 13.0 Å². The summed E-state index contributed by atoms with van der Waals surface area (Å²) in [6, 6.07) is 14.4. The van der Waals surface area contributed by atoms with Crippen molar-refractivity contribution in [3.05, 3.63) is 71.8 Å². The second kappa shape index (κ2) is 9.52. The molecule has 0 saturated heterocycles. The van der Waals surface area contributed by atoms with Gasteiger partial charge in [0.2, 0.25) is 5.13 Å². The standard InChI is InChI=1S/C20H20N4O3S/c1-3-7-14-8-4-5-11-17(14)27-13-18-23-24-20(28-18)22-19(25)21-15-9-6-10-16(12-15)26-2/h3-6,8-12H,1,7,13H2,2H3,(H2,21,22,24,25). The summed E-state index contributed by atoms with van der Waals surface area (Å²) >= 11 is 1.25. The van der Waals surface area contributed by atoms with Crippen LogP contribution in [0, 0.1) is 0 Å². The third kappa shape index (κ3) is 5.31. The van der Waals surface area contributed by atoms with Crippen LogP contribution in [0.3, 0.4) is 0 Å². The molecule has 0 fully saturated rings. The molecular weight excluding hydrogens is 376 g/mol. The Morgan fingerprint density at radius 2 is 2.04 bits per heavy atom. The van der Waals surface area contributed by atoms with Gasteiger partial charge in [0, 0.05) is 11.8 Å². The number of amides is 2. The average molecular weight is 396 g/mol. The molecular formula is C20H20N4O3S. The van der Waals surface area contributed by atoms with Crippen LogP contribution in [0.1, 0.15) is 10.6 Å². The number of para-hydroxylation sites is 1. The van der Waals surface area contributed by atoms with Crippen LogP contribution in [0.2, 0.25) is 0 Å². The SMILES string of the molecule is C=CCc1ccccc1OCc1nnc(NC(=O)Nc2cccc(OC)c2)s1. The zero-order chi connectivity index (χ0) is 19.8. The van der Waals surface area contributed by atoms with E-state index >= 15 is 0 Å². The van der Waals surface area contributed by atoms with Gasteiger partial charge < -0.3 is 14.8 Å². The van der Waals surface area contributed by atoms with Crippen LogP contribution in [0.15, 0.2) is 61.2 Å². The molecule has 2 amide bonds. The fourth-order valence-corrected chi connectivity index (χ4v) is 3.08. The molecule has 3 rings (SSSR count). The highest BCUT2D eigenvalue weighted by atomic mass is 32.1. The van der Waals surface area contributed by atoms with Gasteiger partial charge in [0.05, 0.1) is 7.11 Å². The van der Waals surface area contributed by atoms with Crippen LogP contribution in [0.25, 0.3) is 0 Å². The van der Waals surface area contributed by atoms with E-state index in [4.69, 9.17) is 9.47 Å². The van der Waals surface area contributed by atoms with Crippen molar-refractivity contribution in [2.24, 2.45) is 0 Å². The van der Waals surface area contributed by atoms with Crippen LogP contribution in [0.5, 0.6) is 11.5 Å². The van der Waals surface area contributed by atoms with E-state index in [1.807, 2.05) is 30.3 Å². The predicted octanol–water partition coefficient (Wildman–Crippen LogP) is 4.50. The minimum Gasteiger partial charge on any atom is -0.497 e. The van der Waals surface area contributed by atoms with E-state index in [0.29, 0.717) is 21.6 Å². The molecule has 8 heteroatoms. The van der Waals surface area contributed by atoms with Crippen LogP contribution in [-0.4, -0.2) is 23.3 Å². The van der Waals surface area contributed by atoms with Crippen molar-refractivity contribution in [1.29, 1.82) is 0 Å². The van der Waals surface area contributed by atoms with Crippen LogP contribution in [-0.2, 0) is 13.0 Å². The van der Waals surface area contributed by atoms with Crippen molar-refractivity contribution in [3.63, 3.8) is 0 Å². The number of allylic oxidation sites excluding steroid dienone is 1. The monoisotopic (exact) mass is 396 g/mol. The number of methoxy groups -OCH3 is 1. The molecule has 0 unspecified atom stereocenters. The highest BCUT2D eigenvalue weighted by molar-refractivity contribution is 7.15. The molecule has 7 nitrogen and oxygen atoms in total. The van der Waals surface area contributed by atoms with Crippen molar-refractivity contribution in [1.82, 2.24) is 10.2 Å². The number of aromatic nitrogens is 2. The molecule has 0 radical (unpaired) electrons. The van der Waals surface area contributed by atoms with E-state index in [1.54, 1.807) is 31.4 Å². The van der Waals surface area contributed by atoms with Gasteiger partial charge in [-0.3, -0.25) is 5.32 Å². The quantitative estimate of drug-likeness (QED) is 0.548. The number of anilines is 2. The smallest absolute Gasteiger partial charge is 0.325 e. The zero-order valence-corrected chi connectivity index (χ0v) is 16.2. The first-order valence-electron chi connectivity index (χ1n) is 8.54. The molecule has 0 bridgehead atoms. The molecule has 144 valence electrons. The maximum absolute atomic E-state index is 12.1. The first-order chi connectivity index (χ1) is 13.7. The summed E-state index contributed by atoms with van der Waals surface area (Å²) in [4.78, 5) is 12.1. The summed E-state index contributed by atoms with van der Waals surface area (Å²) in [5, 5.41) is 14.5. The maximum atomic E-state index is 12.1. The van der Waals surface area contributed by atoms with Gasteiger partial charge in [-0.1, -0.05) is 41.7 Å². The number of carbonyl (C=O) groups is 1. The summed E-state index contributed by atoms with van der Waals surface area (Å²) in [7, 11) is 1.57. The fraction of sp³-hybridized carbons (Fsp3) is 0.150. The first-order valence-corrected chi connectivity index (χ1v) is 9.35. The number of nitrogens with zero attached hydrogens (tertiary/aromatic N) is 2. The van der Waals surface area contributed by atoms with Gasteiger partial charge in [-0.05, 0) is 30.2 Å². The normalized spacial score (nSPS) is 10.2. The molecule has 2 N–H and O–H groups in total. The molecule has 0 spiro atoms. The van der Waals surface area contributed by atoms with Gasteiger partial charge in [0.25, 0.3) is 0 Å². The Balaban J connectivity index is 1.55. The van der Waals surface area contributed by atoms with E-state index in [2.05, 4.69) is 27.4 Å². The van der Waals surface area contributed by atoms with Gasteiger partial charge in [-0.25, -0.2) is 4.79 Å². The van der Waals surface area contributed by atoms with Gasteiger partial charge in [-0.15, -0.1) is 16.8 Å².